The van der Waals surface area contributed by atoms with Gasteiger partial charge in [0, 0.05) is 18.0 Å². The van der Waals surface area contributed by atoms with E-state index in [4.69, 9.17) is 9.15 Å². The van der Waals surface area contributed by atoms with Crippen molar-refractivity contribution in [3.63, 3.8) is 0 Å². The number of aliphatic hydroxyl groups excluding tert-OH is 1. The van der Waals surface area contributed by atoms with Crippen molar-refractivity contribution in [2.45, 2.75) is 46.3 Å². The van der Waals surface area contributed by atoms with Gasteiger partial charge in [-0.25, -0.2) is 4.79 Å². The molecule has 1 amide bonds. The minimum Gasteiger partial charge on any atom is -0.489 e. The highest BCUT2D eigenvalue weighted by Crippen LogP contribution is 2.30. The largest absolute Gasteiger partial charge is 0.489 e. The van der Waals surface area contributed by atoms with E-state index in [0.717, 1.165) is 22.1 Å². The second-order valence-corrected chi connectivity index (χ2v) is 8.58. The van der Waals surface area contributed by atoms with Gasteiger partial charge in [-0.15, -0.1) is 0 Å². The van der Waals surface area contributed by atoms with Crippen LogP contribution in [-0.4, -0.2) is 35.6 Å². The number of carbonyl (C=O) groups excluding carboxylic acids is 1. The summed E-state index contributed by atoms with van der Waals surface area (Å²) in [4.78, 5) is 27.3. The first-order valence-electron chi connectivity index (χ1n) is 10.9. The van der Waals surface area contributed by atoms with Crippen LogP contribution in [0.15, 0.2) is 63.8 Å². The standard InChI is InChI=1S/C27H31NO5/c1-16(2)15-32-23-13-12-21-17(3)22(27(31)33-26(21)18(23)4)14-24(29)28(6)19(5)25(30)20-10-8-7-9-11-20/h7-13,19,25,30H,1,14-15H2,2-6H3. The van der Waals surface area contributed by atoms with Crippen LogP contribution in [0.25, 0.3) is 11.0 Å². The Balaban J connectivity index is 1.86. The molecule has 0 radical (unpaired) electrons. The van der Waals surface area contributed by atoms with Crippen molar-refractivity contribution in [3.8, 4) is 5.75 Å². The van der Waals surface area contributed by atoms with E-state index in [2.05, 4.69) is 6.58 Å². The number of hydrogen-bond donors (Lipinski definition) is 1. The van der Waals surface area contributed by atoms with E-state index in [9.17, 15) is 14.7 Å². The summed E-state index contributed by atoms with van der Waals surface area (Å²) >= 11 is 0. The highest BCUT2D eigenvalue weighted by molar-refractivity contribution is 5.87. The Labute approximate surface area is 194 Å². The van der Waals surface area contributed by atoms with Gasteiger partial charge in [0.15, 0.2) is 0 Å². The number of likely N-dealkylation sites (N-methyl/N-ethyl adjacent to an activating group) is 1. The van der Waals surface area contributed by atoms with Crippen LogP contribution in [0, 0.1) is 13.8 Å². The van der Waals surface area contributed by atoms with E-state index in [-0.39, 0.29) is 12.3 Å². The van der Waals surface area contributed by atoms with E-state index in [1.54, 1.807) is 14.0 Å². The second-order valence-electron chi connectivity index (χ2n) is 8.58. The van der Waals surface area contributed by atoms with E-state index in [1.165, 1.54) is 4.90 Å². The van der Waals surface area contributed by atoms with Crippen molar-refractivity contribution in [1.29, 1.82) is 0 Å². The average Bonchev–Trinajstić information content (AvgIpc) is 2.80. The van der Waals surface area contributed by atoms with E-state index in [0.29, 0.717) is 29.1 Å². The number of nitrogens with zero attached hydrogens (tertiary/aromatic N) is 1. The van der Waals surface area contributed by atoms with Gasteiger partial charge in [-0.1, -0.05) is 36.9 Å². The highest BCUT2D eigenvalue weighted by Gasteiger charge is 2.26. The van der Waals surface area contributed by atoms with Crippen LogP contribution < -0.4 is 10.4 Å². The van der Waals surface area contributed by atoms with Crippen LogP contribution in [0.4, 0.5) is 0 Å². The maximum Gasteiger partial charge on any atom is 0.340 e. The molecule has 174 valence electrons. The first-order valence-corrected chi connectivity index (χ1v) is 10.9. The third-order valence-corrected chi connectivity index (χ3v) is 6.06. The summed E-state index contributed by atoms with van der Waals surface area (Å²) in [6, 6.07) is 12.4. The Morgan fingerprint density at radius 3 is 2.45 bits per heavy atom. The molecule has 0 aliphatic heterocycles. The van der Waals surface area contributed by atoms with Crippen molar-refractivity contribution in [3.05, 3.63) is 87.3 Å². The van der Waals surface area contributed by atoms with Crippen molar-refractivity contribution in [1.82, 2.24) is 4.90 Å². The first-order chi connectivity index (χ1) is 15.6. The summed E-state index contributed by atoms with van der Waals surface area (Å²) < 4.78 is 11.4. The number of fused-ring (bicyclic) bond motifs is 1. The smallest absolute Gasteiger partial charge is 0.340 e. The maximum absolute atomic E-state index is 13.0. The minimum atomic E-state index is -0.838. The number of aryl methyl sites for hydroxylation is 2. The molecule has 1 N–H and O–H groups in total. The number of benzene rings is 2. The molecule has 0 fully saturated rings. The molecule has 0 bridgehead atoms. The monoisotopic (exact) mass is 449 g/mol. The molecular formula is C27H31NO5. The van der Waals surface area contributed by atoms with E-state index < -0.39 is 17.8 Å². The number of aliphatic hydroxyl groups is 1. The molecule has 2 atom stereocenters. The summed E-state index contributed by atoms with van der Waals surface area (Å²) in [5.41, 5.74) is 3.27. The Bertz CT molecular complexity index is 1230. The molecule has 2 aromatic carbocycles. The normalized spacial score (nSPS) is 12.9. The summed E-state index contributed by atoms with van der Waals surface area (Å²) in [6.07, 6.45) is -0.950. The Morgan fingerprint density at radius 1 is 1.15 bits per heavy atom. The SMILES string of the molecule is C=C(C)COc1ccc2c(C)c(CC(=O)N(C)C(C)C(O)c3ccccc3)c(=O)oc2c1C. The van der Waals surface area contributed by atoms with Crippen molar-refractivity contribution < 1.29 is 19.1 Å². The van der Waals surface area contributed by atoms with E-state index >= 15 is 0 Å². The lowest BCUT2D eigenvalue weighted by Gasteiger charge is -2.29. The van der Waals surface area contributed by atoms with Gasteiger partial charge in [0.1, 0.15) is 17.9 Å². The van der Waals surface area contributed by atoms with Gasteiger partial charge in [0.2, 0.25) is 5.91 Å². The van der Waals surface area contributed by atoms with Gasteiger partial charge in [-0.3, -0.25) is 4.79 Å². The zero-order valence-corrected chi connectivity index (χ0v) is 19.8. The molecule has 6 heteroatoms. The predicted octanol–water partition coefficient (Wildman–Crippen LogP) is 4.49. The highest BCUT2D eigenvalue weighted by atomic mass is 16.5. The molecule has 0 aliphatic rings. The maximum atomic E-state index is 13.0. The first kappa shape index (κ1) is 24.3. The number of rotatable bonds is 8. The Hall–Kier alpha value is -3.38. The molecule has 0 aliphatic carbocycles. The van der Waals surface area contributed by atoms with Crippen LogP contribution in [0.1, 0.15) is 42.2 Å². The van der Waals surface area contributed by atoms with Crippen LogP contribution >= 0.6 is 0 Å². The summed E-state index contributed by atoms with van der Waals surface area (Å²) in [5, 5.41) is 11.4. The van der Waals surface area contributed by atoms with Crippen molar-refractivity contribution >= 4 is 16.9 Å². The second kappa shape index (κ2) is 10.0. The van der Waals surface area contributed by atoms with Crippen LogP contribution in [0.2, 0.25) is 0 Å². The predicted molar refractivity (Wildman–Crippen MR) is 130 cm³/mol. The molecule has 1 heterocycles. The van der Waals surface area contributed by atoms with E-state index in [1.807, 2.05) is 63.2 Å². The van der Waals surface area contributed by atoms with Crippen LogP contribution in [-0.2, 0) is 11.2 Å². The number of hydrogen-bond acceptors (Lipinski definition) is 5. The third kappa shape index (κ3) is 5.17. The molecular weight excluding hydrogens is 418 g/mol. The van der Waals surface area contributed by atoms with Gasteiger partial charge in [-0.2, -0.15) is 0 Å². The topological polar surface area (TPSA) is 80.0 Å². The number of amides is 1. The fourth-order valence-corrected chi connectivity index (χ4v) is 3.78. The van der Waals surface area contributed by atoms with Crippen molar-refractivity contribution in [2.24, 2.45) is 0 Å². The number of ether oxygens (including phenoxy) is 1. The molecule has 3 rings (SSSR count). The molecule has 33 heavy (non-hydrogen) atoms. The molecule has 6 nitrogen and oxygen atoms in total. The minimum absolute atomic E-state index is 0.112. The number of carbonyl (C=O) groups is 1. The zero-order chi connectivity index (χ0) is 24.3. The fraction of sp³-hybridized carbons (Fsp3) is 0.333. The zero-order valence-electron chi connectivity index (χ0n) is 19.8. The third-order valence-electron chi connectivity index (χ3n) is 6.06. The van der Waals surface area contributed by atoms with Crippen LogP contribution in [0.3, 0.4) is 0 Å². The van der Waals surface area contributed by atoms with Crippen molar-refractivity contribution in [2.75, 3.05) is 13.7 Å². The molecule has 0 saturated heterocycles. The lowest BCUT2D eigenvalue weighted by molar-refractivity contribution is -0.133. The lowest BCUT2D eigenvalue weighted by Crippen LogP contribution is -2.40. The Morgan fingerprint density at radius 2 is 1.82 bits per heavy atom. The summed E-state index contributed by atoms with van der Waals surface area (Å²) in [6.45, 7) is 11.5. The molecule has 0 saturated carbocycles. The van der Waals surface area contributed by atoms with Gasteiger partial charge in [-0.05, 0) is 56.5 Å². The summed E-state index contributed by atoms with van der Waals surface area (Å²) in [7, 11) is 1.63. The van der Waals surface area contributed by atoms with Crippen LogP contribution in [0.5, 0.6) is 5.75 Å². The van der Waals surface area contributed by atoms with Gasteiger partial charge >= 0.3 is 5.63 Å². The quantitative estimate of drug-likeness (QED) is 0.405. The summed E-state index contributed by atoms with van der Waals surface area (Å²) in [5.74, 6) is 0.352. The van der Waals surface area contributed by atoms with Gasteiger partial charge in [0.05, 0.1) is 24.1 Å². The van der Waals surface area contributed by atoms with Gasteiger partial charge < -0.3 is 19.2 Å². The Kier molecular flexibility index (Phi) is 7.39. The molecule has 1 aromatic heterocycles. The van der Waals surface area contributed by atoms with Gasteiger partial charge in [0.25, 0.3) is 0 Å². The average molecular weight is 450 g/mol. The lowest BCUT2D eigenvalue weighted by atomic mass is 9.99. The molecule has 3 aromatic rings. The fourth-order valence-electron chi connectivity index (χ4n) is 3.78. The molecule has 2 unspecified atom stereocenters. The molecule has 0 spiro atoms.